The van der Waals surface area contributed by atoms with Gasteiger partial charge >= 0.3 is 12.4 Å². The predicted molar refractivity (Wildman–Crippen MR) is 95.0 cm³/mol. The number of amides is 2. The van der Waals surface area contributed by atoms with Crippen molar-refractivity contribution in [1.82, 2.24) is 4.90 Å². The van der Waals surface area contributed by atoms with Crippen LogP contribution >= 0.6 is 0 Å². The maximum Gasteiger partial charge on any atom is 0.416 e. The third-order valence-electron chi connectivity index (χ3n) is 3.75. The zero-order valence-electron chi connectivity index (χ0n) is 15.7. The molecule has 0 heterocycles. The maximum absolute atomic E-state index is 12.8. The van der Waals surface area contributed by atoms with Gasteiger partial charge in [0.25, 0.3) is 11.8 Å². The molecule has 0 aromatic heterocycles. The summed E-state index contributed by atoms with van der Waals surface area (Å²) in [6.07, 6.45) is -10.0. The van der Waals surface area contributed by atoms with Gasteiger partial charge in [-0.25, -0.2) is 0 Å². The molecule has 1 N–H and O–H groups in total. The first kappa shape index (κ1) is 23.0. The molecule has 0 saturated heterocycles. The molecule has 0 radical (unpaired) electrons. The Morgan fingerprint density at radius 2 is 1.40 bits per heavy atom. The molecule has 162 valence electrons. The van der Waals surface area contributed by atoms with Crippen LogP contribution in [0, 0.1) is 0 Å². The molecule has 0 unspecified atom stereocenters. The second-order valence-corrected chi connectivity index (χ2v) is 6.36. The number of hydrogen-bond donors (Lipinski definition) is 1. The molecule has 0 aliphatic carbocycles. The monoisotopic (exact) mass is 434 g/mol. The second-order valence-electron chi connectivity index (χ2n) is 6.36. The van der Waals surface area contributed by atoms with E-state index in [2.05, 4.69) is 5.32 Å². The van der Waals surface area contributed by atoms with Crippen molar-refractivity contribution in [3.05, 3.63) is 59.2 Å². The van der Waals surface area contributed by atoms with E-state index in [1.807, 2.05) is 0 Å². The lowest BCUT2D eigenvalue weighted by atomic mass is 10.1. The molecule has 0 spiro atoms. The molecule has 0 atom stereocenters. The first-order valence-electron chi connectivity index (χ1n) is 8.31. The van der Waals surface area contributed by atoms with Crippen molar-refractivity contribution in [1.29, 1.82) is 0 Å². The Morgan fingerprint density at radius 1 is 0.900 bits per heavy atom. The minimum Gasteiger partial charge on any atom is -0.484 e. The van der Waals surface area contributed by atoms with E-state index < -0.39 is 41.7 Å². The fourth-order valence-electron chi connectivity index (χ4n) is 2.31. The van der Waals surface area contributed by atoms with Crippen molar-refractivity contribution >= 4 is 17.5 Å². The van der Waals surface area contributed by atoms with E-state index >= 15 is 0 Å². The smallest absolute Gasteiger partial charge is 0.416 e. The molecule has 5 nitrogen and oxygen atoms in total. The Balaban J connectivity index is 2.08. The van der Waals surface area contributed by atoms with Crippen LogP contribution in [0.4, 0.5) is 32.0 Å². The van der Waals surface area contributed by atoms with Crippen LogP contribution in [0.5, 0.6) is 5.75 Å². The van der Waals surface area contributed by atoms with Gasteiger partial charge < -0.3 is 15.0 Å². The zero-order valence-corrected chi connectivity index (χ0v) is 15.7. The van der Waals surface area contributed by atoms with Gasteiger partial charge in [-0.3, -0.25) is 9.59 Å². The number of anilines is 1. The first-order valence-corrected chi connectivity index (χ1v) is 8.31. The molecule has 0 aliphatic rings. The Kier molecular flexibility index (Phi) is 6.63. The molecule has 2 aromatic rings. The van der Waals surface area contributed by atoms with Gasteiger partial charge in [0.2, 0.25) is 0 Å². The lowest BCUT2D eigenvalue weighted by molar-refractivity contribution is -0.143. The number of carbonyl (C=O) groups is 2. The third-order valence-corrected chi connectivity index (χ3v) is 3.75. The van der Waals surface area contributed by atoms with E-state index in [4.69, 9.17) is 4.74 Å². The molecule has 0 fully saturated rings. The van der Waals surface area contributed by atoms with Gasteiger partial charge in [-0.15, -0.1) is 0 Å². The fourth-order valence-corrected chi connectivity index (χ4v) is 2.31. The number of rotatable bonds is 5. The molecule has 2 amide bonds. The predicted octanol–water partition coefficient (Wildman–Crippen LogP) is 4.44. The molecule has 11 heteroatoms. The number of nitrogens with one attached hydrogen (secondary N) is 1. The Bertz CT molecular complexity index is 889. The van der Waals surface area contributed by atoms with Crippen molar-refractivity contribution in [3.63, 3.8) is 0 Å². The van der Waals surface area contributed by atoms with Gasteiger partial charge in [0.05, 0.1) is 11.1 Å². The van der Waals surface area contributed by atoms with E-state index in [9.17, 15) is 35.9 Å². The standard InChI is InChI=1S/C19H16F6N2O3/c1-27(2)17(29)11-3-5-14(6-4-11)26-16(28)10-30-15-8-12(18(20,21)22)7-13(9-15)19(23,24)25/h3-9H,10H2,1-2H3,(H,26,28). The van der Waals surface area contributed by atoms with Gasteiger partial charge in [-0.2, -0.15) is 26.3 Å². The van der Waals surface area contributed by atoms with Crippen molar-refractivity contribution < 1.29 is 40.7 Å². The van der Waals surface area contributed by atoms with Crippen LogP contribution in [0.25, 0.3) is 0 Å². The molecule has 0 saturated carbocycles. The molecular formula is C19H16F6N2O3. The van der Waals surface area contributed by atoms with E-state index in [-0.39, 0.29) is 17.7 Å². The highest BCUT2D eigenvalue weighted by molar-refractivity contribution is 5.95. The fraction of sp³-hybridized carbons (Fsp3) is 0.263. The molecule has 2 aromatic carbocycles. The van der Waals surface area contributed by atoms with Gasteiger partial charge in [-0.05, 0) is 42.5 Å². The summed E-state index contributed by atoms with van der Waals surface area (Å²) in [7, 11) is 3.13. The van der Waals surface area contributed by atoms with Crippen LogP contribution in [0.3, 0.4) is 0 Å². The van der Waals surface area contributed by atoms with Crippen LogP contribution in [-0.4, -0.2) is 37.4 Å². The zero-order chi connectivity index (χ0) is 22.7. The summed E-state index contributed by atoms with van der Waals surface area (Å²) >= 11 is 0. The normalized spacial score (nSPS) is 11.7. The van der Waals surface area contributed by atoms with Crippen LogP contribution in [0.15, 0.2) is 42.5 Å². The van der Waals surface area contributed by atoms with Gasteiger partial charge in [0.1, 0.15) is 5.75 Å². The number of halogens is 6. The van der Waals surface area contributed by atoms with E-state index in [1.165, 1.54) is 29.2 Å². The van der Waals surface area contributed by atoms with Gasteiger partial charge in [0, 0.05) is 25.3 Å². The topological polar surface area (TPSA) is 58.6 Å². The van der Waals surface area contributed by atoms with Crippen molar-refractivity contribution in [2.45, 2.75) is 12.4 Å². The number of carbonyl (C=O) groups excluding carboxylic acids is 2. The SMILES string of the molecule is CN(C)C(=O)c1ccc(NC(=O)COc2cc(C(F)(F)F)cc(C(F)(F)F)c2)cc1. The Hall–Kier alpha value is -3.24. The summed E-state index contributed by atoms with van der Waals surface area (Å²) in [5.41, 5.74) is -2.47. The second kappa shape index (κ2) is 8.64. The Morgan fingerprint density at radius 3 is 1.83 bits per heavy atom. The summed E-state index contributed by atoms with van der Waals surface area (Å²) in [6.45, 7) is -0.822. The van der Waals surface area contributed by atoms with Gasteiger partial charge in [-0.1, -0.05) is 0 Å². The summed E-state index contributed by atoms with van der Waals surface area (Å²) in [5, 5.41) is 2.36. The number of alkyl halides is 6. The number of ether oxygens (including phenoxy) is 1. The molecule has 2 rings (SSSR count). The van der Waals surface area contributed by atoms with Crippen LogP contribution in [0.1, 0.15) is 21.5 Å². The largest absolute Gasteiger partial charge is 0.484 e. The van der Waals surface area contributed by atoms with E-state index in [0.717, 1.165) is 0 Å². The summed E-state index contributed by atoms with van der Waals surface area (Å²) in [6, 6.07) is 6.45. The van der Waals surface area contributed by atoms with Crippen LogP contribution < -0.4 is 10.1 Å². The van der Waals surface area contributed by atoms with Crippen molar-refractivity contribution in [3.8, 4) is 5.75 Å². The molecular weight excluding hydrogens is 418 g/mol. The quantitative estimate of drug-likeness (QED) is 0.708. The summed E-state index contributed by atoms with van der Waals surface area (Å²) in [5.74, 6) is -1.83. The average Bonchev–Trinajstić information content (AvgIpc) is 2.64. The van der Waals surface area contributed by atoms with Gasteiger partial charge in [0.15, 0.2) is 6.61 Å². The van der Waals surface area contributed by atoms with Crippen molar-refractivity contribution in [2.24, 2.45) is 0 Å². The van der Waals surface area contributed by atoms with Crippen LogP contribution in [0.2, 0.25) is 0 Å². The lowest BCUT2D eigenvalue weighted by Gasteiger charge is -2.15. The lowest BCUT2D eigenvalue weighted by Crippen LogP contribution is -2.22. The summed E-state index contributed by atoms with van der Waals surface area (Å²) in [4.78, 5) is 25.1. The minimum absolute atomic E-state index is 0.0382. The molecule has 0 aliphatic heterocycles. The average molecular weight is 434 g/mol. The Labute approximate surface area is 167 Å². The van der Waals surface area contributed by atoms with E-state index in [1.54, 1.807) is 14.1 Å². The summed E-state index contributed by atoms with van der Waals surface area (Å²) < 4.78 is 81.8. The third kappa shape index (κ3) is 6.13. The number of hydrogen-bond acceptors (Lipinski definition) is 3. The molecule has 0 bridgehead atoms. The van der Waals surface area contributed by atoms with Crippen LogP contribution in [-0.2, 0) is 17.1 Å². The molecule has 30 heavy (non-hydrogen) atoms. The maximum atomic E-state index is 12.8. The first-order chi connectivity index (χ1) is 13.8. The highest BCUT2D eigenvalue weighted by Crippen LogP contribution is 2.38. The highest BCUT2D eigenvalue weighted by Gasteiger charge is 2.37. The number of nitrogens with zero attached hydrogens (tertiary/aromatic N) is 1. The highest BCUT2D eigenvalue weighted by atomic mass is 19.4. The minimum atomic E-state index is -5.02. The van der Waals surface area contributed by atoms with Crippen molar-refractivity contribution in [2.75, 3.05) is 26.0 Å². The number of benzene rings is 2. The van der Waals surface area contributed by atoms with E-state index in [0.29, 0.717) is 17.7 Å².